The van der Waals surface area contributed by atoms with Gasteiger partial charge >= 0.3 is 5.97 Å². The Kier molecular flexibility index (Phi) is 39.9. The fourth-order valence-electron chi connectivity index (χ4n) is 11.2. The van der Waals surface area contributed by atoms with Crippen molar-refractivity contribution in [2.75, 3.05) is 59.3 Å². The normalized spacial score (nSPS) is 16.5. The molecule has 41 heteroatoms. The van der Waals surface area contributed by atoms with E-state index in [2.05, 4.69) is 52.8 Å². The number of unbranched alkanes of at least 4 members (excludes halogenated alkanes) is 1. The van der Waals surface area contributed by atoms with Gasteiger partial charge in [-0.15, -0.1) is 0 Å². The summed E-state index contributed by atoms with van der Waals surface area (Å²) in [6.45, 7) is 3.82. The van der Waals surface area contributed by atoms with Crippen LogP contribution in [0.5, 0.6) is 0 Å². The van der Waals surface area contributed by atoms with Gasteiger partial charge in [0.15, 0.2) is 5.78 Å². The van der Waals surface area contributed by atoms with Crippen molar-refractivity contribution in [3.8, 4) is 0 Å². The van der Waals surface area contributed by atoms with Crippen molar-refractivity contribution < 1.29 is 117 Å². The zero-order valence-corrected chi connectivity index (χ0v) is 61.9. The van der Waals surface area contributed by atoms with Crippen LogP contribution in [0.1, 0.15) is 118 Å². The molecule has 15 atom stereocenters. The predicted molar refractivity (Wildman–Crippen MR) is 383 cm³/mol. The average molecular weight is 1550 g/mol. The van der Waals surface area contributed by atoms with Gasteiger partial charge in [0.05, 0.1) is 52.6 Å². The summed E-state index contributed by atoms with van der Waals surface area (Å²) in [7, 11) is 0. The maximum absolute atomic E-state index is 14.7. The van der Waals surface area contributed by atoms with Crippen LogP contribution in [0.15, 0.2) is 30.5 Å². The number of primary amides is 1. The number of nitrogens with one attached hydrogen (secondary N) is 14. The van der Waals surface area contributed by atoms with Gasteiger partial charge in [-0.3, -0.25) is 81.5 Å². The van der Waals surface area contributed by atoms with E-state index in [1.54, 1.807) is 51.2 Å². The van der Waals surface area contributed by atoms with Crippen molar-refractivity contribution in [1.29, 1.82) is 0 Å². The molecule has 3 rings (SSSR count). The number of aromatic nitrogens is 1. The second-order valence-electron chi connectivity index (χ2n) is 26.8. The number of hydrogen-bond acceptors (Lipinski definition) is 24. The highest BCUT2D eigenvalue weighted by atomic mass is 16.4. The topological polar surface area (TPSA) is 659 Å². The first-order valence-electron chi connectivity index (χ1n) is 35.7. The van der Waals surface area contributed by atoms with Gasteiger partial charge in [-0.25, -0.2) is 0 Å². The second kappa shape index (κ2) is 46.8. The molecule has 1 fully saturated rings. The van der Waals surface area contributed by atoms with E-state index >= 15 is 0 Å². The minimum Gasteiger partial charge on any atom is -0.481 e. The molecule has 1 unspecified atom stereocenters. The van der Waals surface area contributed by atoms with Gasteiger partial charge in [-0.2, -0.15) is 0 Å². The Labute approximate surface area is 627 Å². The minimum atomic E-state index is -1.96. The lowest BCUT2D eigenvalue weighted by Gasteiger charge is -2.28. The van der Waals surface area contributed by atoms with Crippen LogP contribution in [0.25, 0.3) is 10.9 Å². The van der Waals surface area contributed by atoms with Crippen LogP contribution in [-0.2, 0) is 87.9 Å². The van der Waals surface area contributed by atoms with Crippen molar-refractivity contribution in [3.63, 3.8) is 0 Å². The molecule has 1 saturated heterocycles. The lowest BCUT2D eigenvalue weighted by atomic mass is 9.92. The summed E-state index contributed by atoms with van der Waals surface area (Å²) in [6.07, 6.45) is 0.973. The molecule has 0 radical (unpaired) electrons. The van der Waals surface area contributed by atoms with Crippen LogP contribution in [0.3, 0.4) is 0 Å². The van der Waals surface area contributed by atoms with Crippen LogP contribution in [0, 0.1) is 17.8 Å². The summed E-state index contributed by atoms with van der Waals surface area (Å²) in [5.74, 6) is -18.6. The lowest BCUT2D eigenvalue weighted by molar-refractivity contribution is -0.140. The van der Waals surface area contributed by atoms with Gasteiger partial charge in [0.1, 0.15) is 78.5 Å². The van der Waals surface area contributed by atoms with E-state index in [1.807, 2.05) is 35.1 Å². The largest absolute Gasteiger partial charge is 0.481 e. The molecule has 2 aromatic rings. The lowest BCUT2D eigenvalue weighted by Crippen LogP contribution is -2.62. The molecule has 1 aliphatic rings. The number of aliphatic hydroxyl groups is 6. The molecule has 1 aromatic heterocycles. The maximum Gasteiger partial charge on any atom is 0.303 e. The third kappa shape index (κ3) is 30.0. The van der Waals surface area contributed by atoms with Crippen LogP contribution in [0.2, 0.25) is 0 Å². The fraction of sp³-hybridized carbons (Fsp3) is 0.632. The molecular formula is C68H107N17O24. The maximum atomic E-state index is 14.7. The number of fused-ring (bicyclic) bond motifs is 1. The number of H-pyrrole nitrogens is 1. The van der Waals surface area contributed by atoms with Crippen LogP contribution in [0.4, 0.5) is 0 Å². The Balaban J connectivity index is 1.72. The van der Waals surface area contributed by atoms with Crippen LogP contribution >= 0.6 is 0 Å². The molecule has 41 nitrogen and oxygen atoms in total. The van der Waals surface area contributed by atoms with E-state index in [0.29, 0.717) is 29.3 Å². The summed E-state index contributed by atoms with van der Waals surface area (Å²) in [6, 6.07) is -14.2. The number of aromatic amines is 1. The Hall–Kier alpha value is -10.3. The number of rotatable bonds is 49. The Morgan fingerprint density at radius 1 is 0.523 bits per heavy atom. The molecule has 0 saturated carbocycles. The van der Waals surface area contributed by atoms with Crippen molar-refractivity contribution >= 4 is 111 Å². The van der Waals surface area contributed by atoms with Gasteiger partial charge in [0, 0.05) is 42.4 Å². The van der Waals surface area contributed by atoms with E-state index < -0.39 is 244 Å². The highest BCUT2D eigenvalue weighted by Gasteiger charge is 2.40. The molecule has 0 spiro atoms. The Morgan fingerprint density at radius 2 is 0.954 bits per heavy atom. The number of amides is 15. The number of carbonyl (C=O) groups excluding carboxylic acids is 16. The van der Waals surface area contributed by atoms with Gasteiger partial charge in [-0.05, 0) is 88.8 Å². The molecule has 1 aromatic carbocycles. The SMILES string of the molecule is CC[C@H](C)C(C)C(=O)N[C@@H](CCC(=O)O)C(=O)N[C@@H](Cc1c[nH]c2ccccc12)C(=O)N[C@@H](CC(C)C)C(=O)N[C@@H](CCCCN)C(=O)N[C@@H](CC(N)=O)C(=O)N[C@H](C)C(=O)NCC(=O)N1CCC[C@H]1C(=O)N[C@@H](CO)C(=O)N[C@@H](CO)C(=O)N[C@@H](CO)C(=O)N[C@@H](CO)C(=O)N[C@@H](CO)C(=O)N[C@@H](CO)C(C)=O. The number of carboxylic acids is 1. The zero-order valence-electron chi connectivity index (χ0n) is 61.9. The highest BCUT2D eigenvalue weighted by Crippen LogP contribution is 2.22. The number of carboxylic acid groups (broad SMARTS) is 1. The first-order chi connectivity index (χ1) is 51.5. The fourth-order valence-corrected chi connectivity index (χ4v) is 11.2. The van der Waals surface area contributed by atoms with Crippen LogP contribution in [-0.4, -0.2) is 284 Å². The number of aliphatic carboxylic acids is 1. The first-order valence-corrected chi connectivity index (χ1v) is 35.7. The molecule has 15 amide bonds. The monoisotopic (exact) mass is 1550 g/mol. The van der Waals surface area contributed by atoms with Crippen LogP contribution < -0.4 is 80.6 Å². The predicted octanol–water partition coefficient (Wildman–Crippen LogP) is -9.20. The van der Waals surface area contributed by atoms with Crippen molar-refractivity contribution in [1.82, 2.24) is 79.0 Å². The number of carbonyl (C=O) groups is 17. The third-order valence-corrected chi connectivity index (χ3v) is 18.0. The van der Waals surface area contributed by atoms with Crippen molar-refractivity contribution in [2.24, 2.45) is 29.2 Å². The number of hydrogen-bond donors (Lipinski definition) is 23. The quantitative estimate of drug-likeness (QED) is 0.0274. The highest BCUT2D eigenvalue weighted by molar-refractivity contribution is 6.01. The molecule has 2 heterocycles. The van der Waals surface area contributed by atoms with Crippen molar-refractivity contribution in [2.45, 2.75) is 198 Å². The number of ketones is 1. The second-order valence-corrected chi connectivity index (χ2v) is 26.8. The molecule has 1 aliphatic heterocycles. The van der Waals surface area contributed by atoms with Gasteiger partial charge in [-0.1, -0.05) is 59.2 Å². The molecule has 0 aliphatic carbocycles. The molecular weight excluding hydrogens is 1440 g/mol. The summed E-state index contributed by atoms with van der Waals surface area (Å²) >= 11 is 0. The molecule has 109 heavy (non-hydrogen) atoms. The Morgan fingerprint density at radius 3 is 1.44 bits per heavy atom. The van der Waals surface area contributed by atoms with E-state index in [0.717, 1.165) is 11.8 Å². The number of Topliss-reactive ketones (excluding diaryl/α,β-unsaturated/α-hetero) is 1. The van der Waals surface area contributed by atoms with E-state index in [1.165, 1.54) is 6.92 Å². The first kappa shape index (κ1) is 92.9. The number of benzene rings is 1. The van der Waals surface area contributed by atoms with Gasteiger partial charge < -0.3 is 126 Å². The van der Waals surface area contributed by atoms with Crippen molar-refractivity contribution in [3.05, 3.63) is 36.0 Å². The average Bonchev–Trinajstić information content (AvgIpc) is 1.73. The van der Waals surface area contributed by atoms with E-state index in [4.69, 9.17) is 11.5 Å². The van der Waals surface area contributed by atoms with E-state index in [-0.39, 0.29) is 69.9 Å². The zero-order chi connectivity index (χ0) is 81.9. The van der Waals surface area contributed by atoms with Gasteiger partial charge in [0.25, 0.3) is 0 Å². The van der Waals surface area contributed by atoms with Gasteiger partial charge in [0.2, 0.25) is 88.6 Å². The number of aliphatic hydroxyl groups excluding tert-OH is 6. The smallest absolute Gasteiger partial charge is 0.303 e. The molecule has 0 bridgehead atoms. The molecule has 25 N–H and O–H groups in total. The summed E-state index contributed by atoms with van der Waals surface area (Å²) in [5, 5.41) is 99.3. The summed E-state index contributed by atoms with van der Waals surface area (Å²) in [4.78, 5) is 231. The number of nitrogens with zero attached hydrogens (tertiary/aromatic N) is 1. The summed E-state index contributed by atoms with van der Waals surface area (Å²) in [5.41, 5.74) is 12.5. The Bertz CT molecular complexity index is 3500. The number of nitrogens with two attached hydrogens (primary N) is 2. The molecule has 608 valence electrons. The summed E-state index contributed by atoms with van der Waals surface area (Å²) < 4.78 is 0. The number of likely N-dealkylation sites (tertiary alicyclic amines) is 1. The third-order valence-electron chi connectivity index (χ3n) is 18.0. The minimum absolute atomic E-state index is 0.0110. The van der Waals surface area contributed by atoms with E-state index in [9.17, 15) is 117 Å². The standard InChI is InChI=1S/C68H107N17O24/c1-8-34(4)35(5)56(97)74-42(18-19-55(95)96)59(100)77-44(23-38-25-71-40-15-10-9-14-39(38)40)62(103)76-43(22-33(2)3)61(102)75-41(16-11-12-20-69)58(99)78-45(24-53(70)93)60(101)73-36(6)57(98)72-26-54(94)85-21-13-17-52(85)68(109)84-51(32-91)67(108)83-50(31-90)66(107)82-49(30-89)65(106)81-48(29-88)64(105)80-47(28-87)63(104)79-46(27-86)37(7)92/h9-10,14-15,25,33-36,41-52,71,86-91H,8,11-13,16-24,26-32,69H2,1-7H3,(H2,70,93)(H,72,98)(H,73,101)(H,74,97)(H,75,102)(H,76,103)(H,77,100)(H,78,99)(H,79,104)(H,80,105)(H,81,106)(H,82,107)(H,83,108)(H,84,109)(H,95,96)/t34-,35?,36+,41-,42-,43-,44-,45-,46-,47-,48-,49-,50-,51-,52-/m0/s1. The number of para-hydroxylation sites is 1.